The van der Waals surface area contributed by atoms with Crippen LogP contribution in [0.3, 0.4) is 0 Å². The number of alkyl halides is 3. The van der Waals surface area contributed by atoms with Gasteiger partial charge in [-0.15, -0.1) is 0 Å². The summed E-state index contributed by atoms with van der Waals surface area (Å²) in [5.74, 6) is -3.23. The van der Waals surface area contributed by atoms with Gasteiger partial charge in [-0.25, -0.2) is 21.6 Å². The van der Waals surface area contributed by atoms with Crippen molar-refractivity contribution in [2.24, 2.45) is 0 Å². The first-order valence-corrected chi connectivity index (χ1v) is 10.8. The van der Waals surface area contributed by atoms with Crippen molar-refractivity contribution in [3.05, 3.63) is 77.4 Å². The zero-order chi connectivity index (χ0) is 23.3. The number of rotatable bonds is 3. The molecule has 168 valence electrons. The molecule has 11 heteroatoms. The van der Waals surface area contributed by atoms with Crippen molar-refractivity contribution in [3.8, 4) is 11.1 Å². The minimum atomic E-state index is -4.73. The average molecular weight is 472 g/mol. The van der Waals surface area contributed by atoms with Crippen LogP contribution in [-0.2, 0) is 22.6 Å². The summed E-state index contributed by atoms with van der Waals surface area (Å²) < 4.78 is 108. The van der Waals surface area contributed by atoms with E-state index in [-0.39, 0.29) is 36.2 Å². The van der Waals surface area contributed by atoms with Gasteiger partial charge in [0, 0.05) is 23.9 Å². The normalized spacial score (nSPS) is 14.4. The van der Waals surface area contributed by atoms with Gasteiger partial charge in [-0.05, 0) is 48.7 Å². The number of pyridine rings is 1. The number of fused-ring (bicyclic) bond motifs is 1. The highest BCUT2D eigenvalue weighted by Crippen LogP contribution is 2.39. The maximum atomic E-state index is 14.6. The summed E-state index contributed by atoms with van der Waals surface area (Å²) in [6.45, 7) is -0.0636. The Kier molecular flexibility index (Phi) is 5.40. The molecule has 3 aromatic rings. The molecule has 1 aromatic heterocycles. The second kappa shape index (κ2) is 7.80. The van der Waals surface area contributed by atoms with Crippen LogP contribution in [0.25, 0.3) is 11.1 Å². The lowest BCUT2D eigenvalue weighted by atomic mass is 9.94. The molecule has 0 saturated heterocycles. The Morgan fingerprint density at radius 2 is 1.66 bits per heavy atom. The average Bonchev–Trinajstić information content (AvgIpc) is 2.74. The van der Waals surface area contributed by atoms with Crippen LogP contribution in [0.4, 0.5) is 32.0 Å². The molecule has 1 aliphatic heterocycles. The first kappa shape index (κ1) is 22.1. The van der Waals surface area contributed by atoms with Crippen LogP contribution < -0.4 is 4.31 Å². The van der Waals surface area contributed by atoms with Crippen molar-refractivity contribution < 1.29 is 34.8 Å². The van der Waals surface area contributed by atoms with Gasteiger partial charge < -0.3 is 0 Å². The molecule has 0 radical (unpaired) electrons. The molecular formula is C21H14F6N2O2S. The summed E-state index contributed by atoms with van der Waals surface area (Å²) in [5.41, 5.74) is -0.879. The Morgan fingerprint density at radius 1 is 0.906 bits per heavy atom. The third-order valence-corrected chi connectivity index (χ3v) is 6.97. The SMILES string of the molecule is O=S(=O)(c1cc(F)ccc1F)N1CCCc2c(-c3ccc(C(F)(F)F)cc3F)cncc21. The predicted molar refractivity (Wildman–Crippen MR) is 104 cm³/mol. The lowest BCUT2D eigenvalue weighted by Crippen LogP contribution is -2.36. The summed E-state index contributed by atoms with van der Waals surface area (Å²) in [6, 6.07) is 4.07. The van der Waals surface area contributed by atoms with Gasteiger partial charge in [0.05, 0.1) is 17.4 Å². The molecule has 1 aliphatic rings. The number of halogens is 6. The van der Waals surface area contributed by atoms with Gasteiger partial charge in [0.2, 0.25) is 0 Å². The first-order valence-electron chi connectivity index (χ1n) is 9.32. The maximum absolute atomic E-state index is 14.6. The Bertz CT molecular complexity index is 1310. The molecule has 0 atom stereocenters. The smallest absolute Gasteiger partial charge is 0.264 e. The molecule has 0 amide bonds. The number of aromatic nitrogens is 1. The third-order valence-electron chi connectivity index (χ3n) is 5.14. The van der Waals surface area contributed by atoms with Crippen LogP contribution in [0.5, 0.6) is 0 Å². The number of nitrogens with zero attached hydrogens (tertiary/aromatic N) is 2. The highest BCUT2D eigenvalue weighted by Gasteiger charge is 2.34. The van der Waals surface area contributed by atoms with Crippen molar-refractivity contribution in [3.63, 3.8) is 0 Å². The van der Waals surface area contributed by atoms with Crippen LogP contribution in [0.1, 0.15) is 17.5 Å². The fourth-order valence-corrected chi connectivity index (χ4v) is 5.26. The lowest BCUT2D eigenvalue weighted by Gasteiger charge is -2.31. The number of benzene rings is 2. The van der Waals surface area contributed by atoms with Gasteiger partial charge in [0.1, 0.15) is 22.3 Å². The second-order valence-electron chi connectivity index (χ2n) is 7.13. The van der Waals surface area contributed by atoms with E-state index in [9.17, 15) is 34.8 Å². The number of hydrogen-bond donors (Lipinski definition) is 0. The molecular weight excluding hydrogens is 458 g/mol. The van der Waals surface area contributed by atoms with E-state index in [1.807, 2.05) is 0 Å². The zero-order valence-corrected chi connectivity index (χ0v) is 16.9. The van der Waals surface area contributed by atoms with Gasteiger partial charge in [0.25, 0.3) is 10.0 Å². The standard InChI is InChI=1S/C21H14F6N2O2S/c22-13-4-6-17(23)20(9-13)32(30,31)29-7-1-2-15-16(10-28-11-19(15)29)14-5-3-12(8-18(14)24)21(25,26)27/h3-6,8-11H,1-2,7H2. The second-order valence-corrected chi connectivity index (χ2v) is 8.96. The van der Waals surface area contributed by atoms with Gasteiger partial charge in [0.15, 0.2) is 0 Å². The summed E-state index contributed by atoms with van der Waals surface area (Å²) in [7, 11) is -4.53. The summed E-state index contributed by atoms with van der Waals surface area (Å²) >= 11 is 0. The third kappa shape index (κ3) is 3.81. The number of anilines is 1. The Balaban J connectivity index is 1.84. The molecule has 2 aromatic carbocycles. The number of sulfonamides is 1. The summed E-state index contributed by atoms with van der Waals surface area (Å²) in [5, 5.41) is 0. The van der Waals surface area contributed by atoms with Gasteiger partial charge in [-0.3, -0.25) is 9.29 Å². The molecule has 0 fully saturated rings. The van der Waals surface area contributed by atoms with E-state index >= 15 is 0 Å². The molecule has 0 aliphatic carbocycles. The topological polar surface area (TPSA) is 50.3 Å². The number of hydrogen-bond acceptors (Lipinski definition) is 3. The minimum Gasteiger partial charge on any atom is -0.264 e. The lowest BCUT2D eigenvalue weighted by molar-refractivity contribution is -0.137. The van der Waals surface area contributed by atoms with Gasteiger partial charge in [-0.2, -0.15) is 13.2 Å². The van der Waals surface area contributed by atoms with Gasteiger partial charge >= 0.3 is 6.18 Å². The van der Waals surface area contributed by atoms with E-state index < -0.39 is 44.1 Å². The Labute approximate surface area is 179 Å². The Morgan fingerprint density at radius 3 is 2.34 bits per heavy atom. The molecule has 32 heavy (non-hydrogen) atoms. The Hall–Kier alpha value is -3.08. The van der Waals surface area contributed by atoms with Crippen molar-refractivity contribution in [1.82, 2.24) is 4.98 Å². The summed E-state index contributed by atoms with van der Waals surface area (Å²) in [6.07, 6.45) is -1.76. The molecule has 0 unspecified atom stereocenters. The first-order chi connectivity index (χ1) is 15.0. The highest BCUT2D eigenvalue weighted by atomic mass is 32.2. The van der Waals surface area contributed by atoms with Crippen LogP contribution in [0.2, 0.25) is 0 Å². The molecule has 0 saturated carbocycles. The van der Waals surface area contributed by atoms with Crippen LogP contribution >= 0.6 is 0 Å². The zero-order valence-electron chi connectivity index (χ0n) is 16.1. The quantitative estimate of drug-likeness (QED) is 0.485. The van der Waals surface area contributed by atoms with Crippen LogP contribution in [0, 0.1) is 17.5 Å². The predicted octanol–water partition coefficient (Wildman–Crippen LogP) is 5.33. The molecule has 4 nitrogen and oxygen atoms in total. The fourth-order valence-electron chi connectivity index (χ4n) is 3.66. The van der Waals surface area contributed by atoms with Crippen molar-refractivity contribution >= 4 is 15.7 Å². The molecule has 2 heterocycles. The van der Waals surface area contributed by atoms with E-state index in [0.717, 1.165) is 22.5 Å². The molecule has 0 bridgehead atoms. The van der Waals surface area contributed by atoms with Gasteiger partial charge in [-0.1, -0.05) is 6.07 Å². The van der Waals surface area contributed by atoms with E-state index in [2.05, 4.69) is 4.98 Å². The van der Waals surface area contributed by atoms with Crippen molar-refractivity contribution in [2.45, 2.75) is 23.9 Å². The monoisotopic (exact) mass is 472 g/mol. The molecule has 0 spiro atoms. The van der Waals surface area contributed by atoms with Crippen molar-refractivity contribution in [1.29, 1.82) is 0 Å². The van der Waals surface area contributed by atoms with Crippen LogP contribution in [-0.4, -0.2) is 19.9 Å². The van der Waals surface area contributed by atoms with E-state index in [4.69, 9.17) is 0 Å². The summed E-state index contributed by atoms with van der Waals surface area (Å²) in [4.78, 5) is 3.06. The van der Waals surface area contributed by atoms with E-state index in [0.29, 0.717) is 23.8 Å². The highest BCUT2D eigenvalue weighted by molar-refractivity contribution is 7.92. The van der Waals surface area contributed by atoms with Crippen LogP contribution in [0.15, 0.2) is 53.7 Å². The van der Waals surface area contributed by atoms with Crippen molar-refractivity contribution in [2.75, 3.05) is 10.8 Å². The van der Waals surface area contributed by atoms with E-state index in [1.165, 1.54) is 12.4 Å². The maximum Gasteiger partial charge on any atom is 0.416 e. The molecule has 4 rings (SSSR count). The fraction of sp³-hybridized carbons (Fsp3) is 0.190. The van der Waals surface area contributed by atoms with E-state index in [1.54, 1.807) is 0 Å². The largest absolute Gasteiger partial charge is 0.416 e. The molecule has 0 N–H and O–H groups in total. The minimum absolute atomic E-state index is 0.0247.